The molecule has 1 aliphatic heterocycles. The third kappa shape index (κ3) is 1.12. The molecular formula is C8H13NO3. The normalized spacial score (nSPS) is 30.1. The van der Waals surface area contributed by atoms with Gasteiger partial charge in [-0.05, 0) is 12.8 Å². The summed E-state index contributed by atoms with van der Waals surface area (Å²) < 4.78 is 0. The highest BCUT2D eigenvalue weighted by molar-refractivity contribution is 6.03. The van der Waals surface area contributed by atoms with Crippen LogP contribution in [0, 0.1) is 11.8 Å². The van der Waals surface area contributed by atoms with Crippen LogP contribution in [0.25, 0.3) is 0 Å². The van der Waals surface area contributed by atoms with Crippen LogP contribution < -0.4 is 0 Å². The summed E-state index contributed by atoms with van der Waals surface area (Å²) in [4.78, 5) is 22.3. The largest absolute Gasteiger partial charge is 0.278 e. The van der Waals surface area contributed by atoms with Crippen LogP contribution in [0.1, 0.15) is 26.7 Å². The Morgan fingerprint density at radius 1 is 1.17 bits per heavy atom. The quantitative estimate of drug-likeness (QED) is 0.493. The van der Waals surface area contributed by atoms with Crippen LogP contribution >= 0.6 is 0 Å². The van der Waals surface area contributed by atoms with E-state index in [2.05, 4.69) is 0 Å². The molecule has 1 rings (SSSR count). The predicted octanol–water partition coefficient (Wildman–Crippen LogP) is 0.797. The molecule has 0 aliphatic carbocycles. The SMILES string of the molecule is CCC1C(=O)N(O)C(=O)C1CC. The molecule has 1 N–H and O–H groups in total. The molecular weight excluding hydrogens is 158 g/mol. The second-order valence-electron chi connectivity index (χ2n) is 3.02. The molecule has 1 saturated heterocycles. The molecule has 2 atom stereocenters. The average Bonchev–Trinajstić information content (AvgIpc) is 2.29. The lowest BCUT2D eigenvalue weighted by molar-refractivity contribution is -0.173. The smallest absolute Gasteiger partial charge is 0.257 e. The van der Waals surface area contributed by atoms with E-state index in [1.807, 2.05) is 13.8 Å². The number of hydrogen-bond donors (Lipinski definition) is 1. The van der Waals surface area contributed by atoms with Gasteiger partial charge in [-0.3, -0.25) is 14.8 Å². The zero-order chi connectivity index (χ0) is 9.30. The first-order chi connectivity index (χ1) is 5.63. The van der Waals surface area contributed by atoms with E-state index in [0.717, 1.165) is 0 Å². The molecule has 12 heavy (non-hydrogen) atoms. The zero-order valence-corrected chi connectivity index (χ0v) is 7.28. The number of imide groups is 1. The standard InChI is InChI=1S/C8H13NO3/c1-3-5-6(4-2)8(11)9(12)7(5)10/h5-6,12H,3-4H2,1-2H3. The Labute approximate surface area is 71.1 Å². The molecule has 0 spiro atoms. The maximum atomic E-state index is 11.2. The van der Waals surface area contributed by atoms with Crippen LogP contribution in [0.3, 0.4) is 0 Å². The third-order valence-corrected chi connectivity index (χ3v) is 2.42. The third-order valence-electron chi connectivity index (χ3n) is 2.42. The number of rotatable bonds is 2. The van der Waals surface area contributed by atoms with Crippen LogP contribution in [-0.2, 0) is 9.59 Å². The van der Waals surface area contributed by atoms with Gasteiger partial charge in [0.2, 0.25) is 0 Å². The summed E-state index contributed by atoms with van der Waals surface area (Å²) in [5.74, 6) is -1.52. The Balaban J connectivity index is 2.87. The summed E-state index contributed by atoms with van der Waals surface area (Å²) in [6, 6.07) is 0. The first kappa shape index (κ1) is 9.19. The van der Waals surface area contributed by atoms with Crippen molar-refractivity contribution in [3.63, 3.8) is 0 Å². The van der Waals surface area contributed by atoms with Gasteiger partial charge in [0.05, 0.1) is 11.8 Å². The van der Waals surface area contributed by atoms with Crippen molar-refractivity contribution in [3.8, 4) is 0 Å². The lowest BCUT2D eigenvalue weighted by atomic mass is 9.91. The molecule has 1 aliphatic rings. The molecule has 1 heterocycles. The van der Waals surface area contributed by atoms with Crippen molar-refractivity contribution in [2.24, 2.45) is 11.8 Å². The molecule has 68 valence electrons. The molecule has 4 heteroatoms. The zero-order valence-electron chi connectivity index (χ0n) is 7.28. The first-order valence-corrected chi connectivity index (χ1v) is 4.20. The fourth-order valence-electron chi connectivity index (χ4n) is 1.69. The van der Waals surface area contributed by atoms with E-state index in [0.29, 0.717) is 12.8 Å². The lowest BCUT2D eigenvalue weighted by Crippen LogP contribution is -2.26. The van der Waals surface area contributed by atoms with Crippen LogP contribution in [-0.4, -0.2) is 22.1 Å². The minimum absolute atomic E-state index is 0.266. The van der Waals surface area contributed by atoms with Gasteiger partial charge in [-0.1, -0.05) is 13.8 Å². The van der Waals surface area contributed by atoms with Gasteiger partial charge in [0, 0.05) is 0 Å². The maximum Gasteiger partial charge on any atom is 0.257 e. The van der Waals surface area contributed by atoms with Crippen molar-refractivity contribution in [2.75, 3.05) is 0 Å². The van der Waals surface area contributed by atoms with Gasteiger partial charge in [-0.2, -0.15) is 5.06 Å². The number of amides is 2. The van der Waals surface area contributed by atoms with Crippen molar-refractivity contribution >= 4 is 11.8 Å². The van der Waals surface area contributed by atoms with Gasteiger partial charge < -0.3 is 0 Å². The van der Waals surface area contributed by atoms with Gasteiger partial charge in [0.25, 0.3) is 11.8 Å². The minimum atomic E-state index is -0.450. The number of nitrogens with zero attached hydrogens (tertiary/aromatic N) is 1. The minimum Gasteiger partial charge on any atom is -0.278 e. The van der Waals surface area contributed by atoms with Crippen molar-refractivity contribution in [2.45, 2.75) is 26.7 Å². The average molecular weight is 171 g/mol. The van der Waals surface area contributed by atoms with E-state index in [1.54, 1.807) is 0 Å². The number of carbonyl (C=O) groups is 2. The number of carbonyl (C=O) groups excluding carboxylic acids is 2. The van der Waals surface area contributed by atoms with Gasteiger partial charge in [0.15, 0.2) is 0 Å². The van der Waals surface area contributed by atoms with Gasteiger partial charge >= 0.3 is 0 Å². The Kier molecular flexibility index (Phi) is 2.47. The monoisotopic (exact) mass is 171 g/mol. The van der Waals surface area contributed by atoms with Crippen molar-refractivity contribution in [1.82, 2.24) is 5.06 Å². The summed E-state index contributed by atoms with van der Waals surface area (Å²) >= 11 is 0. The molecule has 2 unspecified atom stereocenters. The number of hydroxylamine groups is 2. The Hall–Kier alpha value is -0.900. The summed E-state index contributed by atoms with van der Waals surface area (Å²) in [6.45, 7) is 3.69. The van der Waals surface area contributed by atoms with Crippen molar-refractivity contribution in [1.29, 1.82) is 0 Å². The van der Waals surface area contributed by atoms with E-state index in [-0.39, 0.29) is 16.9 Å². The highest BCUT2D eigenvalue weighted by atomic mass is 16.5. The molecule has 0 aromatic heterocycles. The fraction of sp³-hybridized carbons (Fsp3) is 0.750. The Bertz CT molecular complexity index is 192. The maximum absolute atomic E-state index is 11.2. The molecule has 0 aromatic carbocycles. The molecule has 1 fully saturated rings. The fourth-order valence-corrected chi connectivity index (χ4v) is 1.69. The van der Waals surface area contributed by atoms with Crippen LogP contribution in [0.4, 0.5) is 0 Å². The molecule has 0 aromatic rings. The molecule has 0 bridgehead atoms. The highest BCUT2D eigenvalue weighted by Crippen LogP contribution is 2.29. The van der Waals surface area contributed by atoms with Crippen molar-refractivity contribution in [3.05, 3.63) is 0 Å². The summed E-state index contributed by atoms with van der Waals surface area (Å²) in [5.41, 5.74) is 0. The van der Waals surface area contributed by atoms with E-state index in [1.165, 1.54) is 0 Å². The predicted molar refractivity (Wildman–Crippen MR) is 41.2 cm³/mol. The van der Waals surface area contributed by atoms with Gasteiger partial charge in [-0.15, -0.1) is 0 Å². The summed E-state index contributed by atoms with van der Waals surface area (Å²) in [7, 11) is 0. The lowest BCUT2D eigenvalue weighted by Gasteiger charge is -2.08. The highest BCUT2D eigenvalue weighted by Gasteiger charge is 2.45. The second-order valence-corrected chi connectivity index (χ2v) is 3.02. The number of hydrogen-bond acceptors (Lipinski definition) is 3. The Morgan fingerprint density at radius 2 is 1.50 bits per heavy atom. The first-order valence-electron chi connectivity index (χ1n) is 4.20. The topological polar surface area (TPSA) is 57.6 Å². The van der Waals surface area contributed by atoms with Crippen LogP contribution in [0.2, 0.25) is 0 Å². The Morgan fingerprint density at radius 3 is 1.75 bits per heavy atom. The summed E-state index contributed by atoms with van der Waals surface area (Å²) in [5, 5.41) is 9.27. The van der Waals surface area contributed by atoms with E-state index in [4.69, 9.17) is 5.21 Å². The van der Waals surface area contributed by atoms with E-state index >= 15 is 0 Å². The van der Waals surface area contributed by atoms with Gasteiger partial charge in [-0.25, -0.2) is 0 Å². The molecule has 2 amide bonds. The molecule has 0 radical (unpaired) electrons. The second kappa shape index (κ2) is 3.23. The summed E-state index contributed by atoms with van der Waals surface area (Å²) in [6.07, 6.45) is 1.22. The van der Waals surface area contributed by atoms with Crippen LogP contribution in [0.15, 0.2) is 0 Å². The van der Waals surface area contributed by atoms with Crippen LogP contribution in [0.5, 0.6) is 0 Å². The van der Waals surface area contributed by atoms with Gasteiger partial charge in [0.1, 0.15) is 0 Å². The van der Waals surface area contributed by atoms with E-state index < -0.39 is 11.8 Å². The van der Waals surface area contributed by atoms with Crippen molar-refractivity contribution < 1.29 is 14.8 Å². The van der Waals surface area contributed by atoms with E-state index in [9.17, 15) is 9.59 Å². The molecule has 0 saturated carbocycles. The molecule has 4 nitrogen and oxygen atoms in total.